The minimum atomic E-state index is -1.19. The van der Waals surface area contributed by atoms with E-state index in [0.717, 1.165) is 34.6 Å². The number of fused-ring (bicyclic) bond motifs is 1. The van der Waals surface area contributed by atoms with Crippen LogP contribution in [0, 0.1) is 6.92 Å². The molecule has 0 spiro atoms. The summed E-state index contributed by atoms with van der Waals surface area (Å²) in [6.45, 7) is 6.52. The molecule has 0 radical (unpaired) electrons. The zero-order valence-electron chi connectivity index (χ0n) is 21.9. The van der Waals surface area contributed by atoms with Crippen LogP contribution in [0.1, 0.15) is 23.2 Å². The number of allylic oxidation sites excluding steroid dienone is 1. The van der Waals surface area contributed by atoms with Gasteiger partial charge in [0.25, 0.3) is 11.8 Å². The maximum Gasteiger partial charge on any atom is 0.352 e. The fourth-order valence-electron chi connectivity index (χ4n) is 4.25. The van der Waals surface area contributed by atoms with Crippen molar-refractivity contribution in [2.75, 3.05) is 38.7 Å². The number of thioether (sulfide) groups is 1. The van der Waals surface area contributed by atoms with Crippen molar-refractivity contribution in [2.45, 2.75) is 31.8 Å². The first-order valence-corrected chi connectivity index (χ1v) is 14.8. The number of carboxylic acid groups (broad SMARTS) is 1. The van der Waals surface area contributed by atoms with Crippen molar-refractivity contribution in [1.82, 2.24) is 20.2 Å². The quantitative estimate of drug-likeness (QED) is 0.153. The van der Waals surface area contributed by atoms with E-state index in [9.17, 15) is 19.5 Å². The first-order chi connectivity index (χ1) is 18.6. The van der Waals surface area contributed by atoms with Crippen LogP contribution in [0.4, 0.5) is 5.13 Å². The number of aryl methyl sites for hydroxylation is 1. The predicted molar refractivity (Wildman–Crippen MR) is 151 cm³/mol. The molecule has 4 N–H and O–H groups in total. The number of nitrogens with two attached hydrogens (primary N) is 1. The molecule has 2 amide bonds. The number of carbonyl (C=O) groups is 3. The average molecular weight is 593 g/mol. The Balaban J connectivity index is 1.47. The van der Waals surface area contributed by atoms with Crippen molar-refractivity contribution in [3.8, 4) is 0 Å². The lowest BCUT2D eigenvalue weighted by molar-refractivity contribution is -0.915. The first-order valence-electron chi connectivity index (χ1n) is 12.0. The number of carboxylic acids is 1. The van der Waals surface area contributed by atoms with Crippen LogP contribution in [-0.2, 0) is 25.8 Å². The molecule has 0 bridgehead atoms. The van der Waals surface area contributed by atoms with Crippen LogP contribution in [0.5, 0.6) is 0 Å². The van der Waals surface area contributed by atoms with E-state index in [0.29, 0.717) is 17.9 Å². The van der Waals surface area contributed by atoms with Crippen LogP contribution in [0.2, 0.25) is 0 Å². The van der Waals surface area contributed by atoms with E-state index in [1.54, 1.807) is 22.8 Å². The zero-order valence-corrected chi connectivity index (χ0v) is 24.4. The summed E-state index contributed by atoms with van der Waals surface area (Å²) in [6, 6.07) is -0.914. The molecule has 3 atom stereocenters. The molecule has 2 aliphatic rings. The summed E-state index contributed by atoms with van der Waals surface area (Å²) in [5, 5.41) is 17.6. The number of anilines is 1. The second-order valence-electron chi connectivity index (χ2n) is 9.27. The summed E-state index contributed by atoms with van der Waals surface area (Å²) in [4.78, 5) is 53.8. The average Bonchev–Trinajstić information content (AvgIpc) is 3.52. The lowest BCUT2D eigenvalue weighted by Crippen LogP contribution is -2.71. The molecule has 1 fully saturated rings. The smallest absolute Gasteiger partial charge is 0.352 e. The Morgan fingerprint density at radius 3 is 2.77 bits per heavy atom. The van der Waals surface area contributed by atoms with Crippen molar-refractivity contribution < 1.29 is 28.8 Å². The number of oxime groups is 1. The summed E-state index contributed by atoms with van der Waals surface area (Å²) in [5.41, 5.74) is 9.13. The number of likely N-dealkylation sites (N-methyl/N-ethyl adjacent to an activating group) is 1. The minimum Gasteiger partial charge on any atom is -0.477 e. The Kier molecular flexibility index (Phi) is 8.73. The molecular formula is C24H30N7O5S3+. The standard InChI is InChI=1S/C24H29N7O5S3/c1-5-31(3,9-16-13(2)26-12-39-16)8-6-7-14-10-37-22-18(21(33)30(22)19(14)23(34)35)28-20(32)17(29-36-4)15-11-38-24(25)27-15/h6-7,11-12,18,22H,5,8-10H2,1-4H3,(H3-,25,27,28,32,34,35)/p+1/b7-6+,29-17-/t18-,22+,31?/m1/s1. The Bertz CT molecular complexity index is 1370. The molecule has 0 aromatic carbocycles. The predicted octanol–water partition coefficient (Wildman–Crippen LogP) is 1.80. The van der Waals surface area contributed by atoms with E-state index in [-0.39, 0.29) is 22.2 Å². The normalized spacial score (nSPS) is 21.0. The lowest BCUT2D eigenvalue weighted by atomic mass is 10.0. The van der Waals surface area contributed by atoms with E-state index >= 15 is 0 Å². The fraction of sp³-hybridized carbons (Fsp3) is 0.417. The van der Waals surface area contributed by atoms with Gasteiger partial charge in [0.2, 0.25) is 0 Å². The van der Waals surface area contributed by atoms with Gasteiger partial charge in [0.05, 0.1) is 36.2 Å². The molecule has 2 aromatic heterocycles. The van der Waals surface area contributed by atoms with Crippen LogP contribution in [0.25, 0.3) is 0 Å². The number of carbonyl (C=O) groups excluding carboxylic acids is 2. The third-order valence-corrected chi connectivity index (χ3v) is 9.54. The highest BCUT2D eigenvalue weighted by molar-refractivity contribution is 8.00. The van der Waals surface area contributed by atoms with Gasteiger partial charge in [-0.1, -0.05) is 11.2 Å². The molecule has 4 rings (SSSR count). The van der Waals surface area contributed by atoms with Gasteiger partial charge in [-0.25, -0.2) is 14.8 Å². The summed E-state index contributed by atoms with van der Waals surface area (Å²) in [5.74, 6) is -1.98. The molecule has 0 saturated carbocycles. The van der Waals surface area contributed by atoms with Crippen LogP contribution >= 0.6 is 34.4 Å². The van der Waals surface area contributed by atoms with E-state index in [4.69, 9.17) is 10.6 Å². The van der Waals surface area contributed by atoms with Gasteiger partial charge < -0.3 is 25.5 Å². The largest absolute Gasteiger partial charge is 0.477 e. The van der Waals surface area contributed by atoms with Crippen molar-refractivity contribution >= 4 is 63.1 Å². The molecule has 1 saturated heterocycles. The molecule has 39 heavy (non-hydrogen) atoms. The number of nitrogens with one attached hydrogen (secondary N) is 1. The van der Waals surface area contributed by atoms with Gasteiger partial charge in [-0.15, -0.1) is 34.4 Å². The van der Waals surface area contributed by atoms with Crippen LogP contribution < -0.4 is 11.1 Å². The number of nitrogen functional groups attached to an aromatic ring is 1. The monoisotopic (exact) mass is 592 g/mol. The molecule has 1 unspecified atom stereocenters. The number of β-lactam (4-membered cyclic amide) rings is 1. The molecule has 12 nitrogen and oxygen atoms in total. The van der Waals surface area contributed by atoms with E-state index < -0.39 is 29.2 Å². The number of hydrogen-bond donors (Lipinski definition) is 3. The molecule has 15 heteroatoms. The van der Waals surface area contributed by atoms with Gasteiger partial charge in [0, 0.05) is 11.1 Å². The van der Waals surface area contributed by atoms with Gasteiger partial charge in [-0.3, -0.25) is 14.5 Å². The number of nitrogens with zero attached hydrogens (tertiary/aromatic N) is 5. The number of hydrogen-bond acceptors (Lipinski definition) is 11. The Hall–Kier alpha value is -3.27. The highest BCUT2D eigenvalue weighted by Gasteiger charge is 2.54. The third-order valence-electron chi connectivity index (χ3n) is 6.65. The maximum absolute atomic E-state index is 13.1. The Labute approximate surface area is 237 Å². The zero-order chi connectivity index (χ0) is 28.3. The Morgan fingerprint density at radius 1 is 1.41 bits per heavy atom. The second-order valence-corrected chi connectivity index (χ2v) is 12.2. The van der Waals surface area contributed by atoms with Crippen LogP contribution in [0.3, 0.4) is 0 Å². The van der Waals surface area contributed by atoms with Gasteiger partial charge in [0.1, 0.15) is 36.5 Å². The molecule has 0 aliphatic carbocycles. The van der Waals surface area contributed by atoms with Crippen LogP contribution in [-0.4, -0.2) is 92.4 Å². The lowest BCUT2D eigenvalue weighted by Gasteiger charge is -2.49. The Morgan fingerprint density at radius 2 is 2.18 bits per heavy atom. The molecule has 4 heterocycles. The van der Waals surface area contributed by atoms with Crippen molar-refractivity contribution in [3.63, 3.8) is 0 Å². The summed E-state index contributed by atoms with van der Waals surface area (Å²) in [6.07, 6.45) is 3.77. The van der Waals surface area contributed by atoms with E-state index in [2.05, 4.69) is 34.4 Å². The second kappa shape index (κ2) is 11.9. The summed E-state index contributed by atoms with van der Waals surface area (Å²) >= 11 is 4.17. The topological polar surface area (TPSA) is 160 Å². The number of rotatable bonds is 11. The van der Waals surface area contributed by atoms with Crippen LogP contribution in [0.15, 0.2) is 39.5 Å². The highest BCUT2D eigenvalue weighted by Crippen LogP contribution is 2.40. The van der Waals surface area contributed by atoms with Crippen molar-refractivity contribution in [3.05, 3.63) is 50.6 Å². The molecule has 2 aromatic rings. The third kappa shape index (κ3) is 6.00. The number of aliphatic carboxylic acids is 1. The van der Waals surface area contributed by atoms with Gasteiger partial charge >= 0.3 is 5.97 Å². The van der Waals surface area contributed by atoms with Crippen molar-refractivity contribution in [2.24, 2.45) is 5.16 Å². The summed E-state index contributed by atoms with van der Waals surface area (Å²) < 4.78 is 0.734. The van der Waals surface area contributed by atoms with Gasteiger partial charge in [-0.2, -0.15) is 0 Å². The maximum atomic E-state index is 13.1. The number of amides is 2. The molecule has 2 aliphatic heterocycles. The fourth-order valence-corrected chi connectivity index (χ4v) is 7.07. The van der Waals surface area contributed by atoms with Gasteiger partial charge in [0.15, 0.2) is 10.8 Å². The summed E-state index contributed by atoms with van der Waals surface area (Å²) in [7, 11) is 3.44. The van der Waals surface area contributed by atoms with E-state index in [1.165, 1.54) is 28.6 Å². The molecule has 208 valence electrons. The number of thiazole rings is 2. The number of aromatic nitrogens is 2. The van der Waals surface area contributed by atoms with E-state index in [1.807, 2.05) is 18.5 Å². The molecular weight excluding hydrogens is 563 g/mol. The minimum absolute atomic E-state index is 0.0624. The SMILES string of the molecule is CC[N+](C)(C/C=C/C1=C(C(=O)O)N2C(=O)[C@@H](NC(=O)/C(=N\OC)c3csc(N)n3)[C@@H]2SC1)Cc1scnc1C. The highest BCUT2D eigenvalue weighted by atomic mass is 32.2. The van der Waals surface area contributed by atoms with Gasteiger partial charge in [-0.05, 0) is 25.5 Å². The van der Waals surface area contributed by atoms with Crippen molar-refractivity contribution in [1.29, 1.82) is 0 Å². The first kappa shape index (κ1) is 28.7. The number of quaternary nitrogens is 1.